The first-order valence-corrected chi connectivity index (χ1v) is 6.77. The van der Waals surface area contributed by atoms with Gasteiger partial charge in [0.15, 0.2) is 5.82 Å². The van der Waals surface area contributed by atoms with Crippen LogP contribution in [0.25, 0.3) is 11.4 Å². The van der Waals surface area contributed by atoms with Crippen LogP contribution in [-0.4, -0.2) is 31.3 Å². The normalized spacial score (nSPS) is 10.6. The van der Waals surface area contributed by atoms with Crippen LogP contribution in [0.5, 0.6) is 0 Å². The summed E-state index contributed by atoms with van der Waals surface area (Å²) in [6, 6.07) is 11.2. The maximum atomic E-state index is 11.8. The minimum Gasteiger partial charge on any atom is -0.360 e. The van der Waals surface area contributed by atoms with Crippen LogP contribution in [0.15, 0.2) is 40.9 Å². The second-order valence-electron chi connectivity index (χ2n) is 4.70. The predicted octanol–water partition coefficient (Wildman–Crippen LogP) is 1.67. The lowest BCUT2D eigenvalue weighted by molar-refractivity contribution is -0.116. The van der Waals surface area contributed by atoms with Gasteiger partial charge in [0.25, 0.3) is 0 Å². The second-order valence-corrected chi connectivity index (χ2v) is 4.70. The van der Waals surface area contributed by atoms with Gasteiger partial charge in [-0.25, -0.2) is 0 Å². The molecule has 1 aromatic carbocycles. The van der Waals surface area contributed by atoms with Crippen molar-refractivity contribution in [1.82, 2.24) is 25.4 Å². The molecule has 0 saturated heterocycles. The highest BCUT2D eigenvalue weighted by atomic mass is 16.5. The Balaban J connectivity index is 1.56. The molecule has 1 amide bonds. The first-order chi connectivity index (χ1) is 10.7. The number of anilines is 1. The van der Waals surface area contributed by atoms with E-state index in [1.807, 2.05) is 30.3 Å². The number of rotatable bonds is 5. The number of nitrogens with one attached hydrogen (secondary N) is 1. The third-order valence-corrected chi connectivity index (χ3v) is 2.92. The van der Waals surface area contributed by atoms with Gasteiger partial charge >= 0.3 is 0 Å². The van der Waals surface area contributed by atoms with Crippen LogP contribution in [0.2, 0.25) is 0 Å². The lowest BCUT2D eigenvalue weighted by Gasteiger charge is -2.00. The third kappa shape index (κ3) is 3.35. The van der Waals surface area contributed by atoms with E-state index in [9.17, 15) is 4.79 Å². The highest BCUT2D eigenvalue weighted by molar-refractivity contribution is 5.89. The first kappa shape index (κ1) is 13.9. The summed E-state index contributed by atoms with van der Waals surface area (Å²) in [5.41, 5.74) is 0.885. The van der Waals surface area contributed by atoms with Crippen LogP contribution >= 0.6 is 0 Å². The van der Waals surface area contributed by atoms with Crippen molar-refractivity contribution in [1.29, 1.82) is 0 Å². The van der Waals surface area contributed by atoms with E-state index in [0.29, 0.717) is 23.9 Å². The van der Waals surface area contributed by atoms with Gasteiger partial charge in [0.1, 0.15) is 5.76 Å². The summed E-state index contributed by atoms with van der Waals surface area (Å²) in [6.07, 6.45) is 0.219. The number of hydrogen-bond donors (Lipinski definition) is 1. The summed E-state index contributed by atoms with van der Waals surface area (Å²) in [5.74, 6) is 1.39. The lowest BCUT2D eigenvalue weighted by atomic mass is 10.2. The number of hydrogen-bond acceptors (Lipinski definition) is 6. The van der Waals surface area contributed by atoms with Gasteiger partial charge in [0, 0.05) is 18.1 Å². The number of carbonyl (C=O) groups excluding carboxylic acids is 1. The number of aryl methyl sites for hydroxylation is 2. The topological polar surface area (TPSA) is 98.7 Å². The van der Waals surface area contributed by atoms with E-state index >= 15 is 0 Å². The maximum Gasteiger partial charge on any atom is 0.227 e. The highest BCUT2D eigenvalue weighted by Crippen LogP contribution is 2.12. The fourth-order valence-electron chi connectivity index (χ4n) is 1.87. The molecule has 0 aliphatic carbocycles. The Hall–Kier alpha value is -3.03. The summed E-state index contributed by atoms with van der Waals surface area (Å²) in [7, 11) is 0. The average Bonchev–Trinajstić information content (AvgIpc) is 3.15. The van der Waals surface area contributed by atoms with E-state index in [1.54, 1.807) is 13.0 Å². The van der Waals surface area contributed by atoms with E-state index < -0.39 is 0 Å². The fourth-order valence-corrected chi connectivity index (χ4v) is 1.87. The van der Waals surface area contributed by atoms with Crippen molar-refractivity contribution in [2.24, 2.45) is 0 Å². The molecule has 0 fully saturated rings. The number of benzene rings is 1. The molecule has 0 atom stereocenters. The monoisotopic (exact) mass is 298 g/mol. The molecular weight excluding hydrogens is 284 g/mol. The summed E-state index contributed by atoms with van der Waals surface area (Å²) in [5, 5.41) is 18.5. The molecule has 3 aromatic rings. The average molecular weight is 298 g/mol. The summed E-state index contributed by atoms with van der Waals surface area (Å²) in [4.78, 5) is 13.2. The second kappa shape index (κ2) is 6.17. The Bertz CT molecular complexity index is 765. The summed E-state index contributed by atoms with van der Waals surface area (Å²) < 4.78 is 4.88. The summed E-state index contributed by atoms with van der Waals surface area (Å²) >= 11 is 0. The van der Waals surface area contributed by atoms with Crippen molar-refractivity contribution in [3.8, 4) is 11.4 Å². The molecule has 3 rings (SSSR count). The van der Waals surface area contributed by atoms with Gasteiger partial charge in [-0.05, 0) is 12.1 Å². The zero-order chi connectivity index (χ0) is 15.4. The Morgan fingerprint density at radius 1 is 1.32 bits per heavy atom. The molecule has 0 radical (unpaired) electrons. The molecule has 112 valence electrons. The lowest BCUT2D eigenvalue weighted by Crippen LogP contribution is -2.15. The molecule has 2 aromatic heterocycles. The van der Waals surface area contributed by atoms with Crippen molar-refractivity contribution in [2.45, 2.75) is 19.9 Å². The van der Waals surface area contributed by atoms with Gasteiger partial charge in [-0.3, -0.25) is 4.79 Å². The Morgan fingerprint density at radius 3 is 2.86 bits per heavy atom. The number of carbonyl (C=O) groups is 1. The first-order valence-electron chi connectivity index (χ1n) is 6.77. The van der Waals surface area contributed by atoms with Gasteiger partial charge < -0.3 is 9.84 Å². The van der Waals surface area contributed by atoms with Crippen LogP contribution < -0.4 is 5.32 Å². The molecule has 0 unspecified atom stereocenters. The molecule has 22 heavy (non-hydrogen) atoms. The molecule has 8 nitrogen and oxygen atoms in total. The Morgan fingerprint density at radius 2 is 2.14 bits per heavy atom. The van der Waals surface area contributed by atoms with E-state index in [4.69, 9.17) is 4.52 Å². The molecule has 0 bridgehead atoms. The zero-order valence-electron chi connectivity index (χ0n) is 11.9. The van der Waals surface area contributed by atoms with Crippen molar-refractivity contribution >= 4 is 11.7 Å². The Kier molecular flexibility index (Phi) is 3.90. The van der Waals surface area contributed by atoms with E-state index in [0.717, 1.165) is 5.56 Å². The predicted molar refractivity (Wildman–Crippen MR) is 77.7 cm³/mol. The van der Waals surface area contributed by atoms with Crippen LogP contribution in [0, 0.1) is 6.92 Å². The number of tetrazole rings is 1. The molecule has 0 saturated carbocycles. The Labute approximate surface area is 126 Å². The minimum atomic E-state index is -0.188. The van der Waals surface area contributed by atoms with Gasteiger partial charge in [0.05, 0.1) is 6.54 Å². The third-order valence-electron chi connectivity index (χ3n) is 2.92. The van der Waals surface area contributed by atoms with Crippen molar-refractivity contribution in [3.05, 3.63) is 42.2 Å². The number of nitrogens with zero attached hydrogens (tertiary/aromatic N) is 5. The van der Waals surface area contributed by atoms with E-state index in [2.05, 4.69) is 25.9 Å². The minimum absolute atomic E-state index is 0.188. The molecule has 8 heteroatoms. The number of aromatic nitrogens is 5. The van der Waals surface area contributed by atoms with Gasteiger partial charge in [0.2, 0.25) is 11.7 Å². The van der Waals surface area contributed by atoms with Gasteiger partial charge in [-0.1, -0.05) is 35.5 Å². The number of amides is 1. The van der Waals surface area contributed by atoms with Crippen LogP contribution in [0.3, 0.4) is 0 Å². The smallest absolute Gasteiger partial charge is 0.227 e. The fraction of sp³-hybridized carbons (Fsp3) is 0.214. The van der Waals surface area contributed by atoms with E-state index in [-0.39, 0.29) is 12.3 Å². The molecular formula is C14H14N6O2. The highest BCUT2D eigenvalue weighted by Gasteiger charge is 2.09. The largest absolute Gasteiger partial charge is 0.360 e. The van der Waals surface area contributed by atoms with Gasteiger partial charge in [-0.2, -0.15) is 4.80 Å². The molecule has 2 heterocycles. The molecule has 0 aliphatic rings. The molecule has 0 spiro atoms. The molecule has 0 aliphatic heterocycles. The van der Waals surface area contributed by atoms with Crippen molar-refractivity contribution in [2.75, 3.05) is 5.32 Å². The maximum absolute atomic E-state index is 11.8. The van der Waals surface area contributed by atoms with Crippen LogP contribution in [-0.2, 0) is 11.3 Å². The van der Waals surface area contributed by atoms with Crippen molar-refractivity contribution < 1.29 is 9.32 Å². The quantitative estimate of drug-likeness (QED) is 0.769. The van der Waals surface area contributed by atoms with Gasteiger partial charge in [-0.15, -0.1) is 10.2 Å². The molecule has 1 N–H and O–H groups in total. The van der Waals surface area contributed by atoms with Crippen molar-refractivity contribution in [3.63, 3.8) is 0 Å². The van der Waals surface area contributed by atoms with Crippen LogP contribution in [0.1, 0.15) is 12.2 Å². The van der Waals surface area contributed by atoms with E-state index in [1.165, 1.54) is 4.80 Å². The standard InChI is InChI=1S/C14H14N6O2/c1-10-9-12(18-22-10)15-13(21)7-8-20-17-14(16-19-20)11-5-3-2-4-6-11/h2-6,9H,7-8H2,1H3,(H,15,18,21). The SMILES string of the molecule is Cc1cc(NC(=O)CCn2nnc(-c3ccccc3)n2)no1. The zero-order valence-corrected chi connectivity index (χ0v) is 11.9. The summed E-state index contributed by atoms with van der Waals surface area (Å²) in [6.45, 7) is 2.09. The van der Waals surface area contributed by atoms with Crippen LogP contribution in [0.4, 0.5) is 5.82 Å².